The van der Waals surface area contributed by atoms with Crippen LogP contribution in [0.5, 0.6) is 0 Å². The number of nitrogens with zero attached hydrogens (tertiary/aromatic N) is 1. The predicted molar refractivity (Wildman–Crippen MR) is 168 cm³/mol. The molecule has 5 rings (SSSR count). The van der Waals surface area contributed by atoms with E-state index in [4.69, 9.17) is 23.2 Å². The van der Waals surface area contributed by atoms with E-state index in [-0.39, 0.29) is 17.3 Å². The number of benzene rings is 2. The number of carboxylic acid groups (broad SMARTS) is 1. The van der Waals surface area contributed by atoms with Crippen LogP contribution >= 0.6 is 34.5 Å². The van der Waals surface area contributed by atoms with Crippen molar-refractivity contribution >= 4 is 56.4 Å². The van der Waals surface area contributed by atoms with Gasteiger partial charge in [0, 0.05) is 40.2 Å². The SMILES string of the molecule is CS(=O)(=O)N[C@H]1CCCC[C@@H]1N1C(=O)c2ccccc2[C@@H](C(O)NCCc2ccsc2C(=O)O)[C@@H]1c1ccc(Cl)cc1Cl. The van der Waals surface area contributed by atoms with Crippen LogP contribution in [0.3, 0.4) is 0 Å². The van der Waals surface area contributed by atoms with Crippen LogP contribution in [0.1, 0.15) is 74.4 Å². The van der Waals surface area contributed by atoms with Crippen LogP contribution < -0.4 is 10.0 Å². The fraction of sp³-hybridized carbons (Fsp3) is 0.400. The van der Waals surface area contributed by atoms with Gasteiger partial charge in [0.2, 0.25) is 10.0 Å². The molecule has 0 spiro atoms. The second kappa shape index (κ2) is 13.2. The van der Waals surface area contributed by atoms with Gasteiger partial charge in [-0.2, -0.15) is 0 Å². The van der Waals surface area contributed by atoms with Gasteiger partial charge in [0.05, 0.1) is 12.3 Å². The lowest BCUT2D eigenvalue weighted by Gasteiger charge is -2.50. The van der Waals surface area contributed by atoms with E-state index in [9.17, 15) is 28.2 Å². The van der Waals surface area contributed by atoms with Crippen molar-refractivity contribution in [1.29, 1.82) is 0 Å². The first-order valence-corrected chi connectivity index (χ1v) is 17.5. The molecule has 4 N–H and O–H groups in total. The number of aliphatic hydroxyl groups is 1. The first kappa shape index (κ1) is 31.9. The second-order valence-electron chi connectivity index (χ2n) is 11.0. The van der Waals surface area contributed by atoms with Crippen molar-refractivity contribution < 1.29 is 28.2 Å². The minimum Gasteiger partial charge on any atom is -0.477 e. The molecule has 2 heterocycles. The molecule has 0 radical (unpaired) electrons. The van der Waals surface area contributed by atoms with E-state index in [1.54, 1.807) is 52.7 Å². The number of aliphatic hydroxyl groups excluding tert-OH is 1. The number of rotatable bonds is 10. The van der Waals surface area contributed by atoms with Gasteiger partial charge in [-0.3, -0.25) is 10.1 Å². The molecule has 0 bridgehead atoms. The molecule has 9 nitrogen and oxygen atoms in total. The maximum Gasteiger partial charge on any atom is 0.346 e. The molecule has 43 heavy (non-hydrogen) atoms. The highest BCUT2D eigenvalue weighted by Gasteiger charge is 2.49. The minimum atomic E-state index is -3.58. The van der Waals surface area contributed by atoms with Crippen LogP contribution in [0.25, 0.3) is 0 Å². The summed E-state index contributed by atoms with van der Waals surface area (Å²) in [5.41, 5.74) is 2.29. The van der Waals surface area contributed by atoms with Gasteiger partial charge in [-0.05, 0) is 65.6 Å². The molecule has 1 aliphatic carbocycles. The zero-order chi connectivity index (χ0) is 30.9. The van der Waals surface area contributed by atoms with Gasteiger partial charge in [-0.15, -0.1) is 11.3 Å². The average Bonchev–Trinajstić information content (AvgIpc) is 3.42. The molecule has 1 saturated carbocycles. The number of carbonyl (C=O) groups excluding carboxylic acids is 1. The van der Waals surface area contributed by atoms with Crippen LogP contribution in [0.2, 0.25) is 10.0 Å². The van der Waals surface area contributed by atoms with E-state index in [0.29, 0.717) is 51.6 Å². The van der Waals surface area contributed by atoms with E-state index in [2.05, 4.69) is 10.0 Å². The number of sulfonamides is 1. The normalized spacial score (nSPS) is 23.2. The number of carbonyl (C=O) groups is 2. The van der Waals surface area contributed by atoms with Gasteiger partial charge in [-0.1, -0.05) is 60.3 Å². The van der Waals surface area contributed by atoms with E-state index >= 15 is 0 Å². The van der Waals surface area contributed by atoms with E-state index < -0.39 is 46.3 Å². The Labute approximate surface area is 264 Å². The number of amides is 1. The lowest BCUT2D eigenvalue weighted by atomic mass is 9.76. The highest BCUT2D eigenvalue weighted by Crippen LogP contribution is 2.48. The van der Waals surface area contributed by atoms with E-state index in [1.165, 1.54) is 0 Å². The standard InChI is InChI=1S/C30H33Cl2N3O6S2/c1-43(40,41)34-23-8-4-5-9-24(23)35-26(21-11-10-18(31)16-22(21)32)25(19-6-2-3-7-20(19)29(35)37)28(36)33-14-12-17-13-15-42-27(17)30(38)39/h2-3,6-7,10-11,13,15-16,23-26,28,33-34,36H,4-5,8-9,12,14H2,1H3,(H,38,39)/t23-,24-,25+,26-,28?/m0/s1. The van der Waals surface area contributed by atoms with Crippen molar-refractivity contribution in [3.63, 3.8) is 0 Å². The van der Waals surface area contributed by atoms with Gasteiger partial charge in [0.15, 0.2) is 0 Å². The highest BCUT2D eigenvalue weighted by molar-refractivity contribution is 7.88. The molecule has 1 aromatic heterocycles. The van der Waals surface area contributed by atoms with Gasteiger partial charge in [0.25, 0.3) is 5.91 Å². The molecule has 230 valence electrons. The molecular weight excluding hydrogens is 633 g/mol. The Morgan fingerprint density at radius 2 is 1.86 bits per heavy atom. The minimum absolute atomic E-state index is 0.253. The first-order valence-electron chi connectivity index (χ1n) is 14.0. The summed E-state index contributed by atoms with van der Waals surface area (Å²) in [6, 6.07) is 12.1. The third kappa shape index (κ3) is 6.93. The lowest BCUT2D eigenvalue weighted by Crippen LogP contribution is -2.59. The molecule has 1 unspecified atom stereocenters. The Morgan fingerprint density at radius 1 is 1.12 bits per heavy atom. The molecule has 1 amide bonds. The average molecular weight is 667 g/mol. The van der Waals surface area contributed by atoms with Crippen LogP contribution in [0.4, 0.5) is 0 Å². The maximum atomic E-state index is 14.4. The zero-order valence-corrected chi connectivity index (χ0v) is 26.5. The molecule has 2 aromatic carbocycles. The molecular formula is C30H33Cl2N3O6S2. The van der Waals surface area contributed by atoms with Crippen molar-refractivity contribution in [2.75, 3.05) is 12.8 Å². The Hall–Kier alpha value is -2.51. The summed E-state index contributed by atoms with van der Waals surface area (Å²) in [6.07, 6.45) is 3.04. The summed E-state index contributed by atoms with van der Waals surface area (Å²) in [6.45, 7) is 0.271. The highest BCUT2D eigenvalue weighted by atomic mass is 35.5. The van der Waals surface area contributed by atoms with Crippen LogP contribution in [0.15, 0.2) is 53.9 Å². The fourth-order valence-corrected chi connectivity index (χ4v) is 8.57. The summed E-state index contributed by atoms with van der Waals surface area (Å²) < 4.78 is 27.5. The van der Waals surface area contributed by atoms with Crippen molar-refractivity contribution in [2.24, 2.45) is 0 Å². The summed E-state index contributed by atoms with van der Waals surface area (Å²) in [5, 5.41) is 26.9. The number of aromatic carboxylic acids is 1. The fourth-order valence-electron chi connectivity index (χ4n) is 6.43. The Bertz CT molecular complexity index is 1610. The van der Waals surface area contributed by atoms with Gasteiger partial charge in [0.1, 0.15) is 11.1 Å². The number of halogens is 2. The molecule has 3 aromatic rings. The third-order valence-corrected chi connectivity index (χ3v) is 10.4. The van der Waals surface area contributed by atoms with Crippen molar-refractivity contribution in [3.05, 3.63) is 91.1 Å². The topological polar surface area (TPSA) is 136 Å². The number of thiophene rings is 1. The Morgan fingerprint density at radius 3 is 2.58 bits per heavy atom. The number of hydrogen-bond donors (Lipinski definition) is 4. The van der Waals surface area contributed by atoms with E-state index in [0.717, 1.165) is 30.4 Å². The van der Waals surface area contributed by atoms with Gasteiger partial charge < -0.3 is 15.1 Å². The van der Waals surface area contributed by atoms with Crippen LogP contribution in [-0.4, -0.2) is 66.5 Å². The van der Waals surface area contributed by atoms with Crippen molar-refractivity contribution in [2.45, 2.75) is 62.4 Å². The lowest BCUT2D eigenvalue weighted by molar-refractivity contribution is 0.00997. The maximum absolute atomic E-state index is 14.4. The summed E-state index contributed by atoms with van der Waals surface area (Å²) in [4.78, 5) is 27.9. The number of nitrogens with one attached hydrogen (secondary N) is 2. The molecule has 1 aliphatic heterocycles. The smallest absolute Gasteiger partial charge is 0.346 e. The van der Waals surface area contributed by atoms with Crippen molar-refractivity contribution in [1.82, 2.24) is 14.9 Å². The molecule has 2 aliphatic rings. The van der Waals surface area contributed by atoms with Crippen molar-refractivity contribution in [3.8, 4) is 0 Å². The largest absolute Gasteiger partial charge is 0.477 e. The van der Waals surface area contributed by atoms with Gasteiger partial charge >= 0.3 is 5.97 Å². The molecule has 13 heteroatoms. The summed E-state index contributed by atoms with van der Waals surface area (Å²) in [5.74, 6) is -1.97. The first-order chi connectivity index (χ1) is 20.5. The molecule has 5 atom stereocenters. The number of fused-ring (bicyclic) bond motifs is 1. The third-order valence-electron chi connectivity index (χ3n) is 8.19. The Balaban J connectivity index is 1.58. The zero-order valence-electron chi connectivity index (χ0n) is 23.4. The number of hydrogen-bond acceptors (Lipinski definition) is 7. The molecule has 0 saturated heterocycles. The predicted octanol–water partition coefficient (Wildman–Crippen LogP) is 5.04. The van der Waals surface area contributed by atoms with Gasteiger partial charge in [-0.25, -0.2) is 17.9 Å². The quantitative estimate of drug-likeness (QED) is 0.223. The van der Waals surface area contributed by atoms with Crippen LogP contribution in [-0.2, 0) is 16.4 Å². The summed E-state index contributed by atoms with van der Waals surface area (Å²) in [7, 11) is -3.58. The summed E-state index contributed by atoms with van der Waals surface area (Å²) >= 11 is 14.2. The van der Waals surface area contributed by atoms with Crippen LogP contribution in [0, 0.1) is 0 Å². The molecule has 1 fully saturated rings. The second-order valence-corrected chi connectivity index (χ2v) is 14.6. The number of carboxylic acids is 1. The monoisotopic (exact) mass is 665 g/mol. The Kier molecular flexibility index (Phi) is 9.82. The van der Waals surface area contributed by atoms with E-state index in [1.807, 2.05) is 6.07 Å².